The van der Waals surface area contributed by atoms with Crippen LogP contribution in [-0.2, 0) is 0 Å². The second kappa shape index (κ2) is 4.18. The van der Waals surface area contributed by atoms with Crippen LogP contribution in [0.2, 0.25) is 0 Å². The molecular formula is C15H26O. The Balaban J connectivity index is 2.15. The van der Waals surface area contributed by atoms with Crippen LogP contribution in [0.15, 0.2) is 12.2 Å². The zero-order valence-electron chi connectivity index (χ0n) is 11.0. The van der Waals surface area contributed by atoms with Crippen LogP contribution in [-0.4, -0.2) is 11.2 Å². The van der Waals surface area contributed by atoms with Crippen molar-refractivity contribution < 1.29 is 5.11 Å². The lowest BCUT2D eigenvalue weighted by molar-refractivity contribution is -0.0636. The summed E-state index contributed by atoms with van der Waals surface area (Å²) in [5.41, 5.74) is 1.83. The Bertz CT molecular complexity index is 283. The van der Waals surface area contributed by atoms with E-state index < -0.39 is 0 Å². The van der Waals surface area contributed by atoms with Crippen molar-refractivity contribution in [2.24, 2.45) is 23.2 Å². The molecular weight excluding hydrogens is 196 g/mol. The predicted octanol–water partition coefficient (Wildman–Crippen LogP) is 3.78. The lowest BCUT2D eigenvalue weighted by Gasteiger charge is -2.52. The first-order valence-corrected chi connectivity index (χ1v) is 6.77. The summed E-state index contributed by atoms with van der Waals surface area (Å²) in [6.07, 6.45) is 6.04. The molecule has 92 valence electrons. The molecule has 16 heavy (non-hydrogen) atoms. The van der Waals surface area contributed by atoms with E-state index in [1.807, 2.05) is 0 Å². The number of rotatable bonds is 1. The summed E-state index contributed by atoms with van der Waals surface area (Å²) in [6.45, 7) is 11.0. The molecule has 0 amide bonds. The number of fused-ring (bicyclic) bond motifs is 1. The van der Waals surface area contributed by atoms with Gasteiger partial charge in [-0.1, -0.05) is 26.0 Å². The normalized spacial score (nSPS) is 48.5. The van der Waals surface area contributed by atoms with E-state index in [1.165, 1.54) is 31.3 Å². The Morgan fingerprint density at radius 1 is 1.31 bits per heavy atom. The molecule has 0 aliphatic heterocycles. The molecule has 1 heteroatoms. The van der Waals surface area contributed by atoms with Gasteiger partial charge in [-0.3, -0.25) is 0 Å². The van der Waals surface area contributed by atoms with Crippen molar-refractivity contribution in [3.8, 4) is 0 Å². The van der Waals surface area contributed by atoms with E-state index in [0.29, 0.717) is 23.2 Å². The van der Waals surface area contributed by atoms with Gasteiger partial charge in [-0.2, -0.15) is 0 Å². The average Bonchev–Trinajstić information content (AvgIpc) is 2.24. The molecule has 0 unspecified atom stereocenters. The molecule has 0 heterocycles. The second-order valence-corrected chi connectivity index (χ2v) is 6.54. The van der Waals surface area contributed by atoms with Crippen LogP contribution < -0.4 is 0 Å². The van der Waals surface area contributed by atoms with Gasteiger partial charge in [0.2, 0.25) is 0 Å². The molecule has 2 aliphatic rings. The van der Waals surface area contributed by atoms with Crippen molar-refractivity contribution in [3.63, 3.8) is 0 Å². The maximum atomic E-state index is 10.0. The standard InChI is InChI=1S/C15H26O/c1-10(2)12-5-7-15(4)8-6-14(16)11(3)13(15)9-12/h11-14,16H,1,5-9H2,2-4H3/t11-,12-,13-,14-,15-/m0/s1. The summed E-state index contributed by atoms with van der Waals surface area (Å²) in [4.78, 5) is 0. The highest BCUT2D eigenvalue weighted by molar-refractivity contribution is 5.05. The highest BCUT2D eigenvalue weighted by Crippen LogP contribution is 2.54. The zero-order chi connectivity index (χ0) is 11.9. The van der Waals surface area contributed by atoms with Gasteiger partial charge >= 0.3 is 0 Å². The fourth-order valence-electron chi connectivity index (χ4n) is 4.01. The molecule has 0 aromatic rings. The van der Waals surface area contributed by atoms with Gasteiger partial charge < -0.3 is 5.11 Å². The second-order valence-electron chi connectivity index (χ2n) is 6.54. The van der Waals surface area contributed by atoms with Crippen molar-refractivity contribution in [2.75, 3.05) is 0 Å². The van der Waals surface area contributed by atoms with E-state index >= 15 is 0 Å². The Morgan fingerprint density at radius 3 is 2.56 bits per heavy atom. The molecule has 1 N–H and O–H groups in total. The smallest absolute Gasteiger partial charge is 0.0568 e. The van der Waals surface area contributed by atoms with Gasteiger partial charge in [-0.15, -0.1) is 0 Å². The largest absolute Gasteiger partial charge is 0.393 e. The van der Waals surface area contributed by atoms with Gasteiger partial charge in [-0.25, -0.2) is 0 Å². The first kappa shape index (κ1) is 12.2. The fraction of sp³-hybridized carbons (Fsp3) is 0.867. The van der Waals surface area contributed by atoms with E-state index in [4.69, 9.17) is 0 Å². The maximum Gasteiger partial charge on any atom is 0.0568 e. The van der Waals surface area contributed by atoms with Crippen LogP contribution in [0, 0.1) is 23.2 Å². The monoisotopic (exact) mass is 222 g/mol. The molecule has 0 spiro atoms. The summed E-state index contributed by atoms with van der Waals surface area (Å²) in [7, 11) is 0. The molecule has 0 bridgehead atoms. The third-order valence-corrected chi connectivity index (χ3v) is 5.45. The quantitative estimate of drug-likeness (QED) is 0.669. The number of hydrogen-bond acceptors (Lipinski definition) is 1. The summed E-state index contributed by atoms with van der Waals surface area (Å²) in [6, 6.07) is 0. The maximum absolute atomic E-state index is 10.0. The van der Waals surface area contributed by atoms with Crippen molar-refractivity contribution in [1.82, 2.24) is 0 Å². The van der Waals surface area contributed by atoms with E-state index in [2.05, 4.69) is 27.4 Å². The number of allylic oxidation sites excluding steroid dienone is 1. The van der Waals surface area contributed by atoms with Gasteiger partial charge in [0.25, 0.3) is 0 Å². The van der Waals surface area contributed by atoms with E-state index in [9.17, 15) is 5.11 Å². The molecule has 5 atom stereocenters. The molecule has 0 aromatic heterocycles. The average molecular weight is 222 g/mol. The molecule has 0 saturated heterocycles. The molecule has 0 aromatic carbocycles. The molecule has 0 radical (unpaired) electrons. The molecule has 2 fully saturated rings. The highest BCUT2D eigenvalue weighted by atomic mass is 16.3. The van der Waals surface area contributed by atoms with Crippen LogP contribution in [0.3, 0.4) is 0 Å². The van der Waals surface area contributed by atoms with Gasteiger partial charge in [-0.05, 0) is 62.2 Å². The first-order chi connectivity index (χ1) is 7.44. The van der Waals surface area contributed by atoms with Crippen LogP contribution >= 0.6 is 0 Å². The molecule has 2 rings (SSSR count). The lowest BCUT2D eigenvalue weighted by Crippen LogP contribution is -2.46. The minimum Gasteiger partial charge on any atom is -0.393 e. The summed E-state index contributed by atoms with van der Waals surface area (Å²) >= 11 is 0. The zero-order valence-corrected chi connectivity index (χ0v) is 11.0. The molecule has 2 aliphatic carbocycles. The Morgan fingerprint density at radius 2 is 1.94 bits per heavy atom. The minimum atomic E-state index is -0.0676. The van der Waals surface area contributed by atoms with E-state index in [0.717, 1.165) is 6.42 Å². The van der Waals surface area contributed by atoms with Crippen molar-refractivity contribution in [1.29, 1.82) is 0 Å². The third kappa shape index (κ3) is 1.95. The Kier molecular flexibility index (Phi) is 3.18. The highest BCUT2D eigenvalue weighted by Gasteiger charge is 2.47. The Hall–Kier alpha value is -0.300. The molecule has 1 nitrogen and oxygen atoms in total. The summed E-state index contributed by atoms with van der Waals surface area (Å²) in [5.74, 6) is 1.87. The number of aliphatic hydroxyl groups is 1. The van der Waals surface area contributed by atoms with Crippen molar-refractivity contribution in [2.45, 2.75) is 59.0 Å². The van der Waals surface area contributed by atoms with E-state index in [-0.39, 0.29) is 6.10 Å². The number of hydrogen-bond donors (Lipinski definition) is 1. The van der Waals surface area contributed by atoms with Gasteiger partial charge in [0.1, 0.15) is 0 Å². The minimum absolute atomic E-state index is 0.0676. The van der Waals surface area contributed by atoms with Gasteiger partial charge in [0.05, 0.1) is 6.10 Å². The van der Waals surface area contributed by atoms with Crippen LogP contribution in [0.5, 0.6) is 0 Å². The third-order valence-electron chi connectivity index (χ3n) is 5.45. The molecule has 2 saturated carbocycles. The summed E-state index contributed by atoms with van der Waals surface area (Å²) in [5, 5.41) is 10.0. The van der Waals surface area contributed by atoms with Crippen molar-refractivity contribution >= 4 is 0 Å². The van der Waals surface area contributed by atoms with Crippen LogP contribution in [0.25, 0.3) is 0 Å². The van der Waals surface area contributed by atoms with Gasteiger partial charge in [0, 0.05) is 0 Å². The SMILES string of the molecule is C=C(C)[C@H]1CC[C@@]2(C)CC[C@H](O)[C@@H](C)[C@@H]2C1. The predicted molar refractivity (Wildman–Crippen MR) is 68.2 cm³/mol. The Labute approximate surface area is 99.9 Å². The summed E-state index contributed by atoms with van der Waals surface area (Å²) < 4.78 is 0. The van der Waals surface area contributed by atoms with Crippen LogP contribution in [0.4, 0.5) is 0 Å². The van der Waals surface area contributed by atoms with Crippen LogP contribution in [0.1, 0.15) is 52.9 Å². The van der Waals surface area contributed by atoms with Gasteiger partial charge in [0.15, 0.2) is 0 Å². The van der Waals surface area contributed by atoms with Crippen molar-refractivity contribution in [3.05, 3.63) is 12.2 Å². The fourth-order valence-corrected chi connectivity index (χ4v) is 4.01. The lowest BCUT2D eigenvalue weighted by atomic mass is 9.54. The number of aliphatic hydroxyl groups excluding tert-OH is 1. The van der Waals surface area contributed by atoms with E-state index in [1.54, 1.807) is 0 Å². The first-order valence-electron chi connectivity index (χ1n) is 6.77. The topological polar surface area (TPSA) is 20.2 Å².